The maximum Gasteiger partial charge on any atom is 0.231 e. The molecule has 1 atom stereocenters. The molecule has 2 aromatic carbocycles. The standard InChI is InChI=1S/C20H17ClN2O5/c1-11(24)13-7-17-18(28-10-27-17)8-15(13)22-20(26)12-6-19(25)23(9-12)16-5-3-2-4-14(16)21/h2-5,7-8,12H,6,9-10H2,1H3,(H,22,26). The Kier molecular flexibility index (Phi) is 4.68. The maximum absolute atomic E-state index is 12.8. The zero-order valence-corrected chi connectivity index (χ0v) is 15.8. The number of carbonyl (C=O) groups excluding carboxylic acids is 3. The van der Waals surface area contributed by atoms with Gasteiger partial charge in [-0.05, 0) is 25.1 Å². The predicted molar refractivity (Wildman–Crippen MR) is 103 cm³/mol. The van der Waals surface area contributed by atoms with Crippen LogP contribution in [0.25, 0.3) is 0 Å². The van der Waals surface area contributed by atoms with Crippen LogP contribution in [-0.2, 0) is 9.59 Å². The molecule has 144 valence electrons. The zero-order valence-electron chi connectivity index (χ0n) is 15.0. The minimum absolute atomic E-state index is 0.0635. The Morgan fingerprint density at radius 3 is 2.61 bits per heavy atom. The normalized spacial score (nSPS) is 17.7. The number of ketones is 1. The highest BCUT2D eigenvalue weighted by molar-refractivity contribution is 6.34. The topological polar surface area (TPSA) is 84.9 Å². The van der Waals surface area contributed by atoms with E-state index in [9.17, 15) is 14.4 Å². The van der Waals surface area contributed by atoms with Gasteiger partial charge >= 0.3 is 0 Å². The highest BCUT2D eigenvalue weighted by Gasteiger charge is 2.36. The molecule has 0 saturated carbocycles. The van der Waals surface area contributed by atoms with Gasteiger partial charge in [-0.2, -0.15) is 0 Å². The molecule has 0 aromatic heterocycles. The van der Waals surface area contributed by atoms with E-state index in [2.05, 4.69) is 5.32 Å². The van der Waals surface area contributed by atoms with Gasteiger partial charge in [-0.1, -0.05) is 23.7 Å². The van der Waals surface area contributed by atoms with Gasteiger partial charge in [0.2, 0.25) is 18.6 Å². The van der Waals surface area contributed by atoms with Crippen LogP contribution in [0.1, 0.15) is 23.7 Å². The van der Waals surface area contributed by atoms with Crippen molar-refractivity contribution in [2.75, 3.05) is 23.6 Å². The molecule has 1 unspecified atom stereocenters. The number of amides is 2. The number of para-hydroxylation sites is 1. The number of carbonyl (C=O) groups is 3. The Morgan fingerprint density at radius 2 is 1.89 bits per heavy atom. The molecule has 0 spiro atoms. The molecule has 1 saturated heterocycles. The number of halogens is 1. The van der Waals surface area contributed by atoms with Crippen LogP contribution >= 0.6 is 11.6 Å². The summed E-state index contributed by atoms with van der Waals surface area (Å²) >= 11 is 6.18. The highest BCUT2D eigenvalue weighted by Crippen LogP contribution is 2.38. The molecular formula is C20H17ClN2O5. The molecule has 1 N–H and O–H groups in total. The lowest BCUT2D eigenvalue weighted by molar-refractivity contribution is -0.122. The summed E-state index contributed by atoms with van der Waals surface area (Å²) in [6.07, 6.45) is 0.0665. The lowest BCUT2D eigenvalue weighted by Gasteiger charge is -2.18. The van der Waals surface area contributed by atoms with Crippen LogP contribution in [-0.4, -0.2) is 30.9 Å². The number of ether oxygens (including phenoxy) is 2. The molecule has 7 nitrogen and oxygen atoms in total. The predicted octanol–water partition coefficient (Wildman–Crippen LogP) is 3.26. The van der Waals surface area contributed by atoms with Crippen LogP contribution in [0, 0.1) is 5.92 Å². The Labute approximate surface area is 166 Å². The lowest BCUT2D eigenvalue weighted by atomic mass is 10.1. The van der Waals surface area contributed by atoms with Gasteiger partial charge in [0.1, 0.15) is 0 Å². The van der Waals surface area contributed by atoms with Crippen molar-refractivity contribution < 1.29 is 23.9 Å². The smallest absolute Gasteiger partial charge is 0.231 e. The second-order valence-electron chi connectivity index (χ2n) is 6.65. The second-order valence-corrected chi connectivity index (χ2v) is 7.06. The average molecular weight is 401 g/mol. The molecule has 2 amide bonds. The van der Waals surface area contributed by atoms with Crippen molar-refractivity contribution in [3.05, 3.63) is 47.0 Å². The fourth-order valence-electron chi connectivity index (χ4n) is 3.36. The number of benzene rings is 2. The molecule has 2 heterocycles. The SMILES string of the molecule is CC(=O)c1cc2c(cc1NC(=O)C1CC(=O)N(c3ccccc3Cl)C1)OCO2. The van der Waals surface area contributed by atoms with E-state index in [0.29, 0.717) is 33.5 Å². The first kappa shape index (κ1) is 18.3. The molecule has 0 bridgehead atoms. The van der Waals surface area contributed by atoms with E-state index in [1.165, 1.54) is 11.8 Å². The Morgan fingerprint density at radius 1 is 1.18 bits per heavy atom. The number of hydrogen-bond acceptors (Lipinski definition) is 5. The van der Waals surface area contributed by atoms with Gasteiger partial charge in [0, 0.05) is 24.6 Å². The Hall–Kier alpha value is -3.06. The molecule has 8 heteroatoms. The molecule has 0 aliphatic carbocycles. The summed E-state index contributed by atoms with van der Waals surface area (Å²) in [4.78, 5) is 38.7. The molecule has 2 aliphatic rings. The lowest BCUT2D eigenvalue weighted by Crippen LogP contribution is -2.28. The number of nitrogens with one attached hydrogen (secondary N) is 1. The molecule has 0 radical (unpaired) electrons. The van der Waals surface area contributed by atoms with E-state index in [4.69, 9.17) is 21.1 Å². The third kappa shape index (κ3) is 3.29. The minimum Gasteiger partial charge on any atom is -0.454 e. The molecular weight excluding hydrogens is 384 g/mol. The van der Waals surface area contributed by atoms with Crippen LogP contribution in [0.4, 0.5) is 11.4 Å². The number of Topliss-reactive ketones (excluding diaryl/α,β-unsaturated/α-hetero) is 1. The van der Waals surface area contributed by atoms with Gasteiger partial charge in [-0.15, -0.1) is 0 Å². The van der Waals surface area contributed by atoms with Crippen molar-refractivity contribution in [2.24, 2.45) is 5.92 Å². The van der Waals surface area contributed by atoms with Gasteiger partial charge in [0.25, 0.3) is 0 Å². The van der Waals surface area contributed by atoms with Crippen LogP contribution in [0.5, 0.6) is 11.5 Å². The van der Waals surface area contributed by atoms with Crippen molar-refractivity contribution in [3.63, 3.8) is 0 Å². The fraction of sp³-hybridized carbons (Fsp3) is 0.250. The minimum atomic E-state index is -0.561. The summed E-state index contributed by atoms with van der Waals surface area (Å²) in [5.41, 5.74) is 1.24. The van der Waals surface area contributed by atoms with E-state index in [-0.39, 0.29) is 37.4 Å². The van der Waals surface area contributed by atoms with E-state index in [1.807, 2.05) is 0 Å². The number of nitrogens with zero attached hydrogens (tertiary/aromatic N) is 1. The summed E-state index contributed by atoms with van der Waals surface area (Å²) in [6, 6.07) is 10.1. The molecule has 2 aliphatic heterocycles. The summed E-state index contributed by atoms with van der Waals surface area (Å²) in [5.74, 6) is -0.373. The maximum atomic E-state index is 12.8. The molecule has 1 fully saturated rings. The van der Waals surface area contributed by atoms with Crippen LogP contribution in [0.3, 0.4) is 0 Å². The van der Waals surface area contributed by atoms with E-state index >= 15 is 0 Å². The quantitative estimate of drug-likeness (QED) is 0.796. The summed E-state index contributed by atoms with van der Waals surface area (Å²) in [6.45, 7) is 1.69. The Balaban J connectivity index is 1.54. The van der Waals surface area contributed by atoms with Crippen molar-refractivity contribution in [3.8, 4) is 11.5 Å². The number of rotatable bonds is 4. The second kappa shape index (κ2) is 7.16. The largest absolute Gasteiger partial charge is 0.454 e. The number of hydrogen-bond donors (Lipinski definition) is 1. The molecule has 4 rings (SSSR count). The molecule has 2 aromatic rings. The van der Waals surface area contributed by atoms with Crippen molar-refractivity contribution in [1.82, 2.24) is 0 Å². The summed E-state index contributed by atoms with van der Waals surface area (Å²) in [7, 11) is 0. The van der Waals surface area contributed by atoms with Crippen molar-refractivity contribution in [2.45, 2.75) is 13.3 Å². The number of fused-ring (bicyclic) bond motifs is 1. The van der Waals surface area contributed by atoms with E-state index < -0.39 is 5.92 Å². The zero-order chi connectivity index (χ0) is 19.8. The first-order valence-electron chi connectivity index (χ1n) is 8.74. The van der Waals surface area contributed by atoms with Gasteiger partial charge in [0.15, 0.2) is 17.3 Å². The van der Waals surface area contributed by atoms with Crippen LogP contribution < -0.4 is 19.7 Å². The van der Waals surface area contributed by atoms with Gasteiger partial charge in [-0.3, -0.25) is 14.4 Å². The summed E-state index contributed by atoms with van der Waals surface area (Å²) < 4.78 is 10.6. The van der Waals surface area contributed by atoms with Gasteiger partial charge < -0.3 is 19.7 Å². The first-order chi connectivity index (χ1) is 13.4. The van der Waals surface area contributed by atoms with Gasteiger partial charge in [0.05, 0.1) is 22.3 Å². The van der Waals surface area contributed by atoms with Crippen molar-refractivity contribution >= 4 is 40.6 Å². The highest BCUT2D eigenvalue weighted by atomic mass is 35.5. The average Bonchev–Trinajstić information content (AvgIpc) is 3.27. The first-order valence-corrected chi connectivity index (χ1v) is 9.12. The third-order valence-electron chi connectivity index (χ3n) is 4.79. The van der Waals surface area contributed by atoms with E-state index in [0.717, 1.165) is 0 Å². The van der Waals surface area contributed by atoms with Crippen LogP contribution in [0.15, 0.2) is 36.4 Å². The van der Waals surface area contributed by atoms with Crippen molar-refractivity contribution in [1.29, 1.82) is 0 Å². The molecule has 28 heavy (non-hydrogen) atoms. The monoisotopic (exact) mass is 400 g/mol. The van der Waals surface area contributed by atoms with E-state index in [1.54, 1.807) is 36.4 Å². The Bertz CT molecular complexity index is 991. The van der Waals surface area contributed by atoms with Crippen LogP contribution in [0.2, 0.25) is 5.02 Å². The number of anilines is 2. The fourth-order valence-corrected chi connectivity index (χ4v) is 3.60. The summed E-state index contributed by atoms with van der Waals surface area (Å²) in [5, 5.41) is 3.21. The van der Waals surface area contributed by atoms with Gasteiger partial charge in [-0.25, -0.2) is 0 Å². The third-order valence-corrected chi connectivity index (χ3v) is 5.11.